The summed E-state index contributed by atoms with van der Waals surface area (Å²) in [6, 6.07) is 3.91. The third-order valence-electron chi connectivity index (χ3n) is 3.26. The number of halogens is 2. The van der Waals surface area contributed by atoms with Crippen LogP contribution in [-0.4, -0.2) is 35.1 Å². The molecule has 98 valence electrons. The van der Waals surface area contributed by atoms with Gasteiger partial charge >= 0.3 is 0 Å². The van der Waals surface area contributed by atoms with E-state index in [1.165, 1.54) is 18.2 Å². The lowest BCUT2D eigenvalue weighted by Gasteiger charge is -2.34. The lowest BCUT2D eigenvalue weighted by Crippen LogP contribution is -2.45. The van der Waals surface area contributed by atoms with E-state index in [9.17, 15) is 14.3 Å². The van der Waals surface area contributed by atoms with Gasteiger partial charge in [-0.25, -0.2) is 4.39 Å². The van der Waals surface area contributed by atoms with Crippen molar-refractivity contribution in [2.75, 3.05) is 13.2 Å². The first-order valence-corrected chi connectivity index (χ1v) is 6.79. The first-order valence-electron chi connectivity index (χ1n) is 6.00. The van der Waals surface area contributed by atoms with E-state index >= 15 is 0 Å². The second-order valence-electron chi connectivity index (χ2n) is 4.45. The smallest absolute Gasteiger partial charge is 0.255 e. The highest BCUT2D eigenvalue weighted by atomic mass is 79.9. The van der Waals surface area contributed by atoms with Gasteiger partial charge in [-0.15, -0.1) is 0 Å². The molecule has 0 aromatic heterocycles. The van der Waals surface area contributed by atoms with Gasteiger partial charge in [0, 0.05) is 11.0 Å². The fraction of sp³-hybridized carbons (Fsp3) is 0.462. The van der Waals surface area contributed by atoms with E-state index in [2.05, 4.69) is 15.9 Å². The van der Waals surface area contributed by atoms with Gasteiger partial charge in [0.05, 0.1) is 18.2 Å². The van der Waals surface area contributed by atoms with Crippen molar-refractivity contribution in [1.82, 2.24) is 4.90 Å². The number of hydrogen-bond acceptors (Lipinski definition) is 2. The van der Waals surface area contributed by atoms with Crippen LogP contribution in [0.15, 0.2) is 22.7 Å². The van der Waals surface area contributed by atoms with Crippen molar-refractivity contribution in [2.24, 2.45) is 0 Å². The highest BCUT2D eigenvalue weighted by Gasteiger charge is 2.28. The largest absolute Gasteiger partial charge is 0.394 e. The molecule has 1 unspecified atom stereocenters. The second-order valence-corrected chi connectivity index (χ2v) is 5.31. The summed E-state index contributed by atoms with van der Waals surface area (Å²) in [5.74, 6) is -0.653. The van der Waals surface area contributed by atoms with Gasteiger partial charge in [-0.05, 0) is 53.4 Å². The van der Waals surface area contributed by atoms with Crippen LogP contribution in [0.3, 0.4) is 0 Å². The van der Waals surface area contributed by atoms with Crippen LogP contribution in [0.1, 0.15) is 29.6 Å². The van der Waals surface area contributed by atoms with Crippen molar-refractivity contribution in [2.45, 2.75) is 25.3 Å². The minimum atomic E-state index is -0.431. The Balaban J connectivity index is 2.26. The van der Waals surface area contributed by atoms with Crippen molar-refractivity contribution in [3.8, 4) is 0 Å². The van der Waals surface area contributed by atoms with E-state index in [1.807, 2.05) is 0 Å². The molecule has 0 aliphatic carbocycles. The first kappa shape index (κ1) is 13.5. The topological polar surface area (TPSA) is 40.5 Å². The van der Waals surface area contributed by atoms with Crippen LogP contribution in [0.25, 0.3) is 0 Å². The molecule has 0 spiro atoms. The van der Waals surface area contributed by atoms with Crippen LogP contribution in [0.5, 0.6) is 0 Å². The number of benzene rings is 1. The van der Waals surface area contributed by atoms with E-state index in [4.69, 9.17) is 0 Å². The zero-order chi connectivity index (χ0) is 13.1. The average Bonchev–Trinajstić information content (AvgIpc) is 2.40. The molecule has 1 aliphatic rings. The Morgan fingerprint density at radius 3 is 3.00 bits per heavy atom. The number of likely N-dealkylation sites (tertiary alicyclic amines) is 1. The third kappa shape index (κ3) is 2.72. The molecule has 1 heterocycles. The summed E-state index contributed by atoms with van der Waals surface area (Å²) in [4.78, 5) is 14.0. The predicted molar refractivity (Wildman–Crippen MR) is 69.9 cm³/mol. The van der Waals surface area contributed by atoms with Gasteiger partial charge in [-0.3, -0.25) is 4.79 Å². The number of aliphatic hydroxyl groups excluding tert-OH is 1. The number of nitrogens with zero attached hydrogens (tertiary/aromatic N) is 1. The molecule has 0 saturated carbocycles. The molecule has 1 aromatic rings. The van der Waals surface area contributed by atoms with Gasteiger partial charge in [0.2, 0.25) is 0 Å². The van der Waals surface area contributed by atoms with E-state index in [0.29, 0.717) is 16.6 Å². The van der Waals surface area contributed by atoms with Gasteiger partial charge in [-0.1, -0.05) is 0 Å². The Kier molecular flexibility index (Phi) is 4.35. The molecular weight excluding hydrogens is 301 g/mol. The Hall–Kier alpha value is -0.940. The van der Waals surface area contributed by atoms with Crippen molar-refractivity contribution in [1.29, 1.82) is 0 Å². The summed E-state index contributed by atoms with van der Waals surface area (Å²) >= 11 is 3.26. The van der Waals surface area contributed by atoms with Gasteiger partial charge < -0.3 is 10.0 Å². The van der Waals surface area contributed by atoms with Gasteiger partial charge in [-0.2, -0.15) is 0 Å². The summed E-state index contributed by atoms with van der Waals surface area (Å²) in [6.07, 6.45) is 2.74. The van der Waals surface area contributed by atoms with Gasteiger partial charge in [0.1, 0.15) is 5.82 Å². The molecule has 1 aliphatic heterocycles. The SMILES string of the molecule is O=C(c1cc(F)ccc1Br)N1CCCCC1CO. The van der Waals surface area contributed by atoms with Gasteiger partial charge in [0.25, 0.3) is 5.91 Å². The maximum absolute atomic E-state index is 13.2. The van der Waals surface area contributed by atoms with Crippen molar-refractivity contribution in [3.63, 3.8) is 0 Å². The Labute approximate surface area is 114 Å². The summed E-state index contributed by atoms with van der Waals surface area (Å²) < 4.78 is 13.8. The standard InChI is InChI=1S/C13H15BrFNO2/c14-12-5-4-9(15)7-11(12)13(18)16-6-2-1-3-10(16)8-17/h4-5,7,10,17H,1-3,6,8H2. The van der Waals surface area contributed by atoms with E-state index in [1.54, 1.807) is 4.90 Å². The Bertz CT molecular complexity index is 453. The average molecular weight is 316 g/mol. The zero-order valence-corrected chi connectivity index (χ0v) is 11.5. The van der Waals surface area contributed by atoms with Crippen LogP contribution < -0.4 is 0 Å². The molecule has 5 heteroatoms. The van der Waals surface area contributed by atoms with Gasteiger partial charge in [0.15, 0.2) is 0 Å². The van der Waals surface area contributed by atoms with Crippen LogP contribution in [0, 0.1) is 5.82 Å². The molecule has 0 bridgehead atoms. The minimum Gasteiger partial charge on any atom is -0.394 e. The number of hydrogen-bond donors (Lipinski definition) is 1. The summed E-state index contributed by atoms with van der Waals surface area (Å²) in [7, 11) is 0. The highest BCUT2D eigenvalue weighted by molar-refractivity contribution is 9.10. The quantitative estimate of drug-likeness (QED) is 0.911. The summed E-state index contributed by atoms with van der Waals surface area (Å²) in [5, 5.41) is 9.30. The molecule has 1 saturated heterocycles. The van der Waals surface area contributed by atoms with E-state index < -0.39 is 5.82 Å². The third-order valence-corrected chi connectivity index (χ3v) is 3.95. The van der Waals surface area contributed by atoms with Crippen molar-refractivity contribution in [3.05, 3.63) is 34.1 Å². The molecule has 2 rings (SSSR count). The number of carbonyl (C=O) groups is 1. The molecule has 1 fully saturated rings. The highest BCUT2D eigenvalue weighted by Crippen LogP contribution is 2.24. The fourth-order valence-corrected chi connectivity index (χ4v) is 2.69. The summed E-state index contributed by atoms with van der Waals surface area (Å²) in [5.41, 5.74) is 0.315. The first-order chi connectivity index (χ1) is 8.63. The molecule has 3 nitrogen and oxygen atoms in total. The van der Waals surface area contributed by atoms with Crippen molar-refractivity contribution < 1.29 is 14.3 Å². The maximum atomic E-state index is 13.2. The molecule has 0 radical (unpaired) electrons. The van der Waals surface area contributed by atoms with E-state index in [-0.39, 0.29) is 18.6 Å². The van der Waals surface area contributed by atoms with Crippen LogP contribution >= 0.6 is 15.9 Å². The normalized spacial score (nSPS) is 19.9. The van der Waals surface area contributed by atoms with Crippen LogP contribution in [-0.2, 0) is 0 Å². The Morgan fingerprint density at radius 1 is 1.50 bits per heavy atom. The number of amides is 1. The fourth-order valence-electron chi connectivity index (χ4n) is 2.27. The summed E-state index contributed by atoms with van der Waals surface area (Å²) in [6.45, 7) is 0.575. The van der Waals surface area contributed by atoms with Crippen molar-refractivity contribution >= 4 is 21.8 Å². The van der Waals surface area contributed by atoms with E-state index in [0.717, 1.165) is 19.3 Å². The van der Waals surface area contributed by atoms with Crippen LogP contribution in [0.2, 0.25) is 0 Å². The lowest BCUT2D eigenvalue weighted by atomic mass is 10.0. The number of rotatable bonds is 2. The number of carbonyl (C=O) groups excluding carboxylic acids is 1. The predicted octanol–water partition coefficient (Wildman–Crippen LogP) is 2.58. The molecular formula is C13H15BrFNO2. The maximum Gasteiger partial charge on any atom is 0.255 e. The minimum absolute atomic E-state index is 0.0430. The molecule has 1 N–H and O–H groups in total. The molecule has 18 heavy (non-hydrogen) atoms. The molecule has 1 atom stereocenters. The monoisotopic (exact) mass is 315 g/mol. The number of aliphatic hydroxyl groups is 1. The Morgan fingerprint density at radius 2 is 2.28 bits per heavy atom. The second kappa shape index (κ2) is 5.80. The number of piperidine rings is 1. The molecule has 1 amide bonds. The zero-order valence-electron chi connectivity index (χ0n) is 9.90. The lowest BCUT2D eigenvalue weighted by molar-refractivity contribution is 0.0501. The van der Waals surface area contributed by atoms with Crippen LogP contribution in [0.4, 0.5) is 4.39 Å². The molecule has 1 aromatic carbocycles.